The number of hydrogen-bond donors (Lipinski definition) is 4. The molecule has 0 spiro atoms. The molecule has 2 amide bonds. The summed E-state index contributed by atoms with van der Waals surface area (Å²) in [6.45, 7) is 3.56. The quantitative estimate of drug-likeness (QED) is 0.513. The molecule has 1 aromatic rings. The Balaban J connectivity index is 2.38. The molecule has 1 atom stereocenters. The largest absolute Gasteiger partial charge is 0.480 e. The molecule has 0 bridgehead atoms. The second-order valence-electron chi connectivity index (χ2n) is 5.40. The third-order valence-corrected chi connectivity index (χ3v) is 3.50. The number of carbonyl (C=O) groups excluding carboxylic acids is 2. The van der Waals surface area contributed by atoms with Gasteiger partial charge in [0, 0.05) is 5.69 Å². The van der Waals surface area contributed by atoms with E-state index in [1.165, 1.54) is 0 Å². The van der Waals surface area contributed by atoms with E-state index >= 15 is 0 Å². The molecule has 0 aliphatic heterocycles. The summed E-state index contributed by atoms with van der Waals surface area (Å²) >= 11 is 0. The summed E-state index contributed by atoms with van der Waals surface area (Å²) in [4.78, 5) is 34.6. The zero-order valence-electron chi connectivity index (χ0n) is 14.1. The van der Waals surface area contributed by atoms with Crippen LogP contribution in [0.3, 0.4) is 0 Å². The van der Waals surface area contributed by atoms with Gasteiger partial charge >= 0.3 is 5.97 Å². The minimum Gasteiger partial charge on any atom is -0.480 e. The number of carboxylic acid groups (broad SMARTS) is 1. The maximum atomic E-state index is 11.9. The van der Waals surface area contributed by atoms with Gasteiger partial charge in [0.15, 0.2) is 0 Å². The van der Waals surface area contributed by atoms with E-state index in [4.69, 9.17) is 5.11 Å². The lowest BCUT2D eigenvalue weighted by atomic mass is 10.1. The highest BCUT2D eigenvalue weighted by atomic mass is 16.4. The van der Waals surface area contributed by atoms with Crippen molar-refractivity contribution in [2.45, 2.75) is 39.2 Å². The number of aliphatic carboxylic acids is 1. The van der Waals surface area contributed by atoms with Gasteiger partial charge in [0.05, 0.1) is 13.1 Å². The van der Waals surface area contributed by atoms with Crippen LogP contribution in [0.25, 0.3) is 0 Å². The number of hydrogen-bond acceptors (Lipinski definition) is 4. The van der Waals surface area contributed by atoms with Crippen LogP contribution >= 0.6 is 0 Å². The van der Waals surface area contributed by atoms with E-state index in [0.717, 1.165) is 17.7 Å². The predicted molar refractivity (Wildman–Crippen MR) is 91.8 cm³/mol. The SMILES string of the molecule is CCCC(NCC(=O)NCC(=O)Nc1ccccc1CC)C(=O)O. The fraction of sp³-hybridized carbons (Fsp3) is 0.471. The van der Waals surface area contributed by atoms with Gasteiger partial charge < -0.3 is 15.7 Å². The molecule has 0 aliphatic rings. The number of benzene rings is 1. The van der Waals surface area contributed by atoms with Crippen LogP contribution in [0.15, 0.2) is 24.3 Å². The highest BCUT2D eigenvalue weighted by Crippen LogP contribution is 2.14. The number of amides is 2. The van der Waals surface area contributed by atoms with E-state index in [1.807, 2.05) is 38.1 Å². The first-order valence-electron chi connectivity index (χ1n) is 8.08. The van der Waals surface area contributed by atoms with Crippen molar-refractivity contribution in [1.82, 2.24) is 10.6 Å². The first kappa shape index (κ1) is 19.6. The molecule has 0 aromatic heterocycles. The monoisotopic (exact) mass is 335 g/mol. The minimum atomic E-state index is -0.987. The van der Waals surface area contributed by atoms with Gasteiger partial charge in [-0.2, -0.15) is 0 Å². The van der Waals surface area contributed by atoms with Crippen molar-refractivity contribution in [3.05, 3.63) is 29.8 Å². The smallest absolute Gasteiger partial charge is 0.320 e. The Morgan fingerprint density at radius 3 is 2.42 bits per heavy atom. The molecule has 132 valence electrons. The predicted octanol–water partition coefficient (Wildman–Crippen LogP) is 1.15. The van der Waals surface area contributed by atoms with E-state index < -0.39 is 17.9 Å². The highest BCUT2D eigenvalue weighted by Gasteiger charge is 2.16. The average Bonchev–Trinajstić information content (AvgIpc) is 2.57. The van der Waals surface area contributed by atoms with Gasteiger partial charge in [0.25, 0.3) is 0 Å². The third kappa shape index (κ3) is 6.78. The normalized spacial score (nSPS) is 11.6. The molecule has 4 N–H and O–H groups in total. The summed E-state index contributed by atoms with van der Waals surface area (Å²) in [6.07, 6.45) is 1.93. The zero-order valence-corrected chi connectivity index (χ0v) is 14.1. The van der Waals surface area contributed by atoms with Crippen LogP contribution in [0.1, 0.15) is 32.3 Å². The Morgan fingerprint density at radius 1 is 1.08 bits per heavy atom. The van der Waals surface area contributed by atoms with E-state index in [-0.39, 0.29) is 19.0 Å². The van der Waals surface area contributed by atoms with E-state index in [1.54, 1.807) is 0 Å². The number of carbonyl (C=O) groups is 3. The molecule has 0 saturated carbocycles. The van der Waals surface area contributed by atoms with Crippen molar-refractivity contribution in [3.8, 4) is 0 Å². The topological polar surface area (TPSA) is 108 Å². The summed E-state index contributed by atoms with van der Waals surface area (Å²) in [7, 11) is 0. The van der Waals surface area contributed by atoms with Crippen LogP contribution < -0.4 is 16.0 Å². The van der Waals surface area contributed by atoms with Crippen molar-refractivity contribution >= 4 is 23.5 Å². The number of anilines is 1. The zero-order chi connectivity index (χ0) is 17.9. The number of para-hydroxylation sites is 1. The second kappa shape index (κ2) is 10.4. The lowest BCUT2D eigenvalue weighted by Crippen LogP contribution is -2.44. The van der Waals surface area contributed by atoms with Crippen LogP contribution in [-0.4, -0.2) is 42.0 Å². The molecule has 1 aromatic carbocycles. The molecule has 7 nitrogen and oxygen atoms in total. The molecule has 24 heavy (non-hydrogen) atoms. The lowest BCUT2D eigenvalue weighted by molar-refractivity contribution is -0.139. The van der Waals surface area contributed by atoms with Crippen LogP contribution in [0.4, 0.5) is 5.69 Å². The van der Waals surface area contributed by atoms with Crippen LogP contribution in [-0.2, 0) is 20.8 Å². The fourth-order valence-corrected chi connectivity index (χ4v) is 2.20. The Labute approximate surface area is 141 Å². The summed E-state index contributed by atoms with van der Waals surface area (Å²) in [5.41, 5.74) is 1.74. The Kier molecular flexibility index (Phi) is 8.49. The Bertz CT molecular complexity index is 575. The van der Waals surface area contributed by atoms with Crippen LogP contribution in [0.2, 0.25) is 0 Å². The first-order chi connectivity index (χ1) is 11.5. The van der Waals surface area contributed by atoms with Crippen molar-refractivity contribution in [2.24, 2.45) is 0 Å². The van der Waals surface area contributed by atoms with Gasteiger partial charge in [-0.1, -0.05) is 38.5 Å². The summed E-state index contributed by atoms with van der Waals surface area (Å²) in [6, 6.07) is 6.71. The Morgan fingerprint density at radius 2 is 1.79 bits per heavy atom. The number of aryl methyl sites for hydroxylation is 1. The lowest BCUT2D eigenvalue weighted by Gasteiger charge is -2.13. The second-order valence-corrected chi connectivity index (χ2v) is 5.40. The molecule has 0 saturated heterocycles. The number of nitrogens with one attached hydrogen (secondary N) is 3. The van der Waals surface area contributed by atoms with Gasteiger partial charge in [0.2, 0.25) is 11.8 Å². The van der Waals surface area contributed by atoms with E-state index in [9.17, 15) is 14.4 Å². The van der Waals surface area contributed by atoms with Crippen molar-refractivity contribution < 1.29 is 19.5 Å². The maximum absolute atomic E-state index is 11.9. The molecule has 0 aliphatic carbocycles. The molecular weight excluding hydrogens is 310 g/mol. The number of rotatable bonds is 10. The van der Waals surface area contributed by atoms with Gasteiger partial charge in [-0.05, 0) is 24.5 Å². The maximum Gasteiger partial charge on any atom is 0.320 e. The van der Waals surface area contributed by atoms with Gasteiger partial charge in [-0.15, -0.1) is 0 Å². The van der Waals surface area contributed by atoms with Gasteiger partial charge in [-0.25, -0.2) is 0 Å². The number of carboxylic acids is 1. The summed E-state index contributed by atoms with van der Waals surface area (Å²) < 4.78 is 0. The molecule has 0 heterocycles. The van der Waals surface area contributed by atoms with Gasteiger partial charge in [-0.3, -0.25) is 19.7 Å². The molecule has 1 rings (SSSR count). The molecule has 1 unspecified atom stereocenters. The summed E-state index contributed by atoms with van der Waals surface area (Å²) in [5, 5.41) is 16.9. The van der Waals surface area contributed by atoms with E-state index in [2.05, 4.69) is 16.0 Å². The molecular formula is C17H25N3O4. The molecule has 7 heteroatoms. The van der Waals surface area contributed by atoms with Crippen LogP contribution in [0, 0.1) is 0 Å². The van der Waals surface area contributed by atoms with Crippen molar-refractivity contribution in [3.63, 3.8) is 0 Å². The van der Waals surface area contributed by atoms with E-state index in [0.29, 0.717) is 12.8 Å². The van der Waals surface area contributed by atoms with Crippen molar-refractivity contribution in [1.29, 1.82) is 0 Å². The molecule has 0 radical (unpaired) electrons. The third-order valence-electron chi connectivity index (χ3n) is 3.50. The standard InChI is InChI=1S/C17H25N3O4/c1-3-7-14(17(23)24)18-10-15(21)19-11-16(22)20-13-9-6-5-8-12(13)4-2/h5-6,8-9,14,18H,3-4,7,10-11H2,1-2H3,(H,19,21)(H,20,22)(H,23,24). The summed E-state index contributed by atoms with van der Waals surface area (Å²) in [5.74, 6) is -1.73. The minimum absolute atomic E-state index is 0.143. The fourth-order valence-electron chi connectivity index (χ4n) is 2.20. The first-order valence-corrected chi connectivity index (χ1v) is 8.08. The highest BCUT2D eigenvalue weighted by molar-refractivity contribution is 5.95. The Hall–Kier alpha value is -2.41. The van der Waals surface area contributed by atoms with Gasteiger partial charge in [0.1, 0.15) is 6.04 Å². The van der Waals surface area contributed by atoms with Crippen LogP contribution in [0.5, 0.6) is 0 Å². The van der Waals surface area contributed by atoms with Crippen molar-refractivity contribution in [2.75, 3.05) is 18.4 Å². The molecule has 0 fully saturated rings. The average molecular weight is 335 g/mol.